The van der Waals surface area contributed by atoms with E-state index >= 15 is 0 Å². The molecule has 0 saturated heterocycles. The molecule has 0 fully saturated rings. The van der Waals surface area contributed by atoms with Gasteiger partial charge in [-0.3, -0.25) is 9.63 Å². The molecule has 66 valence electrons. The van der Waals surface area contributed by atoms with Gasteiger partial charge in [0.15, 0.2) is 0 Å². The first-order valence-electron chi connectivity index (χ1n) is 3.57. The lowest BCUT2D eigenvalue weighted by Crippen LogP contribution is -2.26. The molecule has 0 aromatic carbocycles. The highest BCUT2D eigenvalue weighted by Crippen LogP contribution is 2.09. The molecule has 1 aromatic heterocycles. The van der Waals surface area contributed by atoms with Gasteiger partial charge in [0, 0.05) is 11.9 Å². The van der Waals surface area contributed by atoms with E-state index in [1.807, 2.05) is 17.5 Å². The topological polar surface area (TPSA) is 29.5 Å². The molecule has 0 spiro atoms. The summed E-state index contributed by atoms with van der Waals surface area (Å²) in [5, 5.41) is 3.19. The highest BCUT2D eigenvalue weighted by molar-refractivity contribution is 7.10. The Morgan fingerprint density at radius 2 is 2.50 bits per heavy atom. The highest BCUT2D eigenvalue weighted by Gasteiger charge is 2.08. The van der Waals surface area contributed by atoms with Crippen LogP contribution in [0.5, 0.6) is 0 Å². The van der Waals surface area contributed by atoms with E-state index < -0.39 is 0 Å². The van der Waals surface area contributed by atoms with Crippen molar-refractivity contribution in [2.75, 3.05) is 14.2 Å². The fraction of sp³-hybridized carbons (Fsp3) is 0.375. The van der Waals surface area contributed by atoms with Gasteiger partial charge in [-0.15, -0.1) is 11.3 Å². The van der Waals surface area contributed by atoms with Crippen LogP contribution in [-0.2, 0) is 16.1 Å². The van der Waals surface area contributed by atoms with Gasteiger partial charge in [-0.2, -0.15) is 0 Å². The molecule has 0 aliphatic rings. The SMILES string of the molecule is CON(C)C(=O)Cc1cccs1. The number of carbonyl (C=O) groups is 1. The van der Waals surface area contributed by atoms with Crippen LogP contribution < -0.4 is 0 Å². The first kappa shape index (κ1) is 9.22. The van der Waals surface area contributed by atoms with Crippen LogP contribution in [-0.4, -0.2) is 25.1 Å². The number of hydrogen-bond donors (Lipinski definition) is 0. The Kier molecular flexibility index (Phi) is 3.25. The maximum Gasteiger partial charge on any atom is 0.251 e. The molecule has 0 atom stereocenters. The first-order chi connectivity index (χ1) is 5.74. The van der Waals surface area contributed by atoms with Crippen molar-refractivity contribution in [1.82, 2.24) is 5.06 Å². The second kappa shape index (κ2) is 4.23. The number of carbonyl (C=O) groups excluding carboxylic acids is 1. The lowest BCUT2D eigenvalue weighted by molar-refractivity contribution is -0.167. The van der Waals surface area contributed by atoms with Gasteiger partial charge in [0.25, 0.3) is 5.91 Å². The third kappa shape index (κ3) is 2.32. The quantitative estimate of drug-likeness (QED) is 0.664. The van der Waals surface area contributed by atoms with Crippen molar-refractivity contribution in [2.45, 2.75) is 6.42 Å². The second-order valence-electron chi connectivity index (χ2n) is 2.33. The zero-order valence-corrected chi connectivity index (χ0v) is 7.93. The van der Waals surface area contributed by atoms with Gasteiger partial charge >= 0.3 is 0 Å². The summed E-state index contributed by atoms with van der Waals surface area (Å²) in [4.78, 5) is 17.1. The Balaban J connectivity index is 2.47. The molecule has 0 unspecified atom stereocenters. The Bertz CT molecular complexity index is 246. The number of nitrogens with zero attached hydrogens (tertiary/aromatic N) is 1. The van der Waals surface area contributed by atoms with E-state index in [0.29, 0.717) is 6.42 Å². The number of rotatable bonds is 3. The van der Waals surface area contributed by atoms with Crippen molar-refractivity contribution >= 4 is 17.2 Å². The van der Waals surface area contributed by atoms with Crippen LogP contribution in [0, 0.1) is 0 Å². The summed E-state index contributed by atoms with van der Waals surface area (Å²) in [6.07, 6.45) is 0.419. The third-order valence-electron chi connectivity index (χ3n) is 1.53. The van der Waals surface area contributed by atoms with Crippen LogP contribution in [0.2, 0.25) is 0 Å². The third-order valence-corrected chi connectivity index (χ3v) is 2.41. The smallest absolute Gasteiger partial charge is 0.251 e. The van der Waals surface area contributed by atoms with Crippen LogP contribution in [0.1, 0.15) is 4.88 Å². The summed E-state index contributed by atoms with van der Waals surface area (Å²) in [6, 6.07) is 3.87. The van der Waals surface area contributed by atoms with Gasteiger partial charge in [-0.25, -0.2) is 5.06 Å². The zero-order chi connectivity index (χ0) is 8.97. The molecule has 3 nitrogen and oxygen atoms in total. The summed E-state index contributed by atoms with van der Waals surface area (Å²) >= 11 is 1.58. The Labute approximate surface area is 75.5 Å². The van der Waals surface area contributed by atoms with Crippen LogP contribution in [0.15, 0.2) is 17.5 Å². The average Bonchev–Trinajstić information content (AvgIpc) is 2.55. The lowest BCUT2D eigenvalue weighted by Gasteiger charge is -2.12. The number of likely N-dealkylation sites (N-methyl/N-ethyl adjacent to an activating group) is 1. The predicted molar refractivity (Wildman–Crippen MR) is 47.8 cm³/mol. The average molecular weight is 185 g/mol. The largest absolute Gasteiger partial charge is 0.275 e. The van der Waals surface area contributed by atoms with Gasteiger partial charge in [0.1, 0.15) is 0 Å². The Morgan fingerprint density at radius 3 is 3.00 bits per heavy atom. The highest BCUT2D eigenvalue weighted by atomic mass is 32.1. The van der Waals surface area contributed by atoms with Crippen molar-refractivity contribution < 1.29 is 9.63 Å². The molecule has 0 saturated carbocycles. The number of amides is 1. The van der Waals surface area contributed by atoms with E-state index in [1.165, 1.54) is 12.2 Å². The Hall–Kier alpha value is -0.870. The molecule has 0 N–H and O–H groups in total. The first-order valence-corrected chi connectivity index (χ1v) is 4.45. The summed E-state index contributed by atoms with van der Waals surface area (Å²) in [6.45, 7) is 0. The van der Waals surface area contributed by atoms with Crippen LogP contribution in [0.3, 0.4) is 0 Å². The van der Waals surface area contributed by atoms with Crippen LogP contribution in [0.25, 0.3) is 0 Å². The fourth-order valence-electron chi connectivity index (χ4n) is 0.775. The van der Waals surface area contributed by atoms with Gasteiger partial charge in [0.05, 0.1) is 13.5 Å². The molecule has 0 aliphatic heterocycles. The maximum absolute atomic E-state index is 11.2. The normalized spacial score (nSPS) is 9.83. The molecule has 1 rings (SSSR count). The van der Waals surface area contributed by atoms with Crippen molar-refractivity contribution in [2.24, 2.45) is 0 Å². The number of hydroxylamine groups is 2. The van der Waals surface area contributed by atoms with E-state index in [2.05, 4.69) is 0 Å². The van der Waals surface area contributed by atoms with E-state index in [-0.39, 0.29) is 5.91 Å². The van der Waals surface area contributed by atoms with E-state index in [0.717, 1.165) is 4.88 Å². The van der Waals surface area contributed by atoms with Crippen LogP contribution >= 0.6 is 11.3 Å². The molecule has 12 heavy (non-hydrogen) atoms. The molecule has 0 aliphatic carbocycles. The predicted octanol–water partition coefficient (Wildman–Crippen LogP) is 1.31. The minimum atomic E-state index is -0.0278. The molecule has 1 heterocycles. The van der Waals surface area contributed by atoms with E-state index in [4.69, 9.17) is 4.84 Å². The molecule has 0 bridgehead atoms. The van der Waals surface area contributed by atoms with Gasteiger partial charge in [0.2, 0.25) is 0 Å². The van der Waals surface area contributed by atoms with Gasteiger partial charge < -0.3 is 0 Å². The fourth-order valence-corrected chi connectivity index (χ4v) is 1.47. The minimum absolute atomic E-state index is 0.0278. The number of thiophene rings is 1. The summed E-state index contributed by atoms with van der Waals surface area (Å²) in [5.74, 6) is -0.0278. The maximum atomic E-state index is 11.2. The molecule has 1 aromatic rings. The molecule has 4 heteroatoms. The van der Waals surface area contributed by atoms with Crippen molar-refractivity contribution in [1.29, 1.82) is 0 Å². The monoisotopic (exact) mass is 185 g/mol. The molecular weight excluding hydrogens is 174 g/mol. The molecule has 0 radical (unpaired) electrons. The molecule has 1 amide bonds. The van der Waals surface area contributed by atoms with Crippen molar-refractivity contribution in [3.8, 4) is 0 Å². The number of hydrogen-bond acceptors (Lipinski definition) is 3. The second-order valence-corrected chi connectivity index (χ2v) is 3.36. The van der Waals surface area contributed by atoms with E-state index in [9.17, 15) is 4.79 Å². The van der Waals surface area contributed by atoms with Gasteiger partial charge in [-0.1, -0.05) is 6.07 Å². The zero-order valence-electron chi connectivity index (χ0n) is 7.11. The van der Waals surface area contributed by atoms with Crippen LogP contribution in [0.4, 0.5) is 0 Å². The minimum Gasteiger partial charge on any atom is -0.275 e. The standard InChI is InChI=1S/C8H11NO2S/c1-9(11-2)8(10)6-7-4-3-5-12-7/h3-5H,6H2,1-2H3. The van der Waals surface area contributed by atoms with Crippen molar-refractivity contribution in [3.05, 3.63) is 22.4 Å². The summed E-state index contributed by atoms with van der Waals surface area (Å²) < 4.78 is 0. The van der Waals surface area contributed by atoms with Gasteiger partial charge in [-0.05, 0) is 11.4 Å². The van der Waals surface area contributed by atoms with Crippen molar-refractivity contribution in [3.63, 3.8) is 0 Å². The summed E-state index contributed by atoms with van der Waals surface area (Å²) in [5.41, 5.74) is 0. The Morgan fingerprint density at radius 1 is 1.75 bits per heavy atom. The lowest BCUT2D eigenvalue weighted by atomic mass is 10.3. The van der Waals surface area contributed by atoms with E-state index in [1.54, 1.807) is 18.4 Å². The molecular formula is C8H11NO2S. The summed E-state index contributed by atoms with van der Waals surface area (Å²) in [7, 11) is 3.09.